The number of amides is 1. The molecule has 2 saturated carbocycles. The van der Waals surface area contributed by atoms with Crippen molar-refractivity contribution in [1.29, 1.82) is 0 Å². The van der Waals surface area contributed by atoms with Crippen LogP contribution in [0.5, 0.6) is 0 Å². The maximum absolute atomic E-state index is 12.7. The Morgan fingerprint density at radius 2 is 1.81 bits per heavy atom. The minimum absolute atomic E-state index is 0.0786. The zero-order valence-electron chi connectivity index (χ0n) is 14.7. The summed E-state index contributed by atoms with van der Waals surface area (Å²) in [5, 5.41) is 3.16. The average molecular weight is 405 g/mol. The molecule has 4 rings (SSSR count). The molecule has 0 spiro atoms. The van der Waals surface area contributed by atoms with Crippen molar-refractivity contribution in [3.8, 4) is 0 Å². The van der Waals surface area contributed by atoms with Crippen LogP contribution in [-0.4, -0.2) is 20.4 Å². The molecule has 2 bridgehead atoms. The summed E-state index contributed by atoms with van der Waals surface area (Å²) in [6.07, 6.45) is 4.62. The fraction of sp³-hybridized carbons (Fsp3) is 0.350. The van der Waals surface area contributed by atoms with E-state index in [4.69, 9.17) is 11.6 Å². The van der Waals surface area contributed by atoms with E-state index < -0.39 is 10.0 Å². The van der Waals surface area contributed by atoms with E-state index in [1.165, 1.54) is 25.0 Å². The number of hydrogen-bond acceptors (Lipinski definition) is 3. The van der Waals surface area contributed by atoms with Crippen molar-refractivity contribution in [1.82, 2.24) is 5.32 Å². The van der Waals surface area contributed by atoms with Crippen molar-refractivity contribution in [2.75, 3.05) is 4.72 Å². The average Bonchev–Trinajstić information content (AvgIpc) is 3.25. The van der Waals surface area contributed by atoms with Crippen molar-refractivity contribution in [2.45, 2.75) is 36.6 Å². The summed E-state index contributed by atoms with van der Waals surface area (Å²) in [5.74, 6) is 1.02. The number of carbonyl (C=O) groups excluding carboxylic acids is 1. The van der Waals surface area contributed by atoms with E-state index in [1.807, 2.05) is 0 Å². The van der Waals surface area contributed by atoms with Gasteiger partial charge in [-0.25, -0.2) is 8.42 Å². The maximum atomic E-state index is 12.7. The lowest BCUT2D eigenvalue weighted by Crippen LogP contribution is -2.38. The van der Waals surface area contributed by atoms with Crippen LogP contribution in [0.2, 0.25) is 5.02 Å². The van der Waals surface area contributed by atoms with Crippen LogP contribution in [0.1, 0.15) is 36.0 Å². The number of benzene rings is 2. The Morgan fingerprint density at radius 1 is 1.04 bits per heavy atom. The summed E-state index contributed by atoms with van der Waals surface area (Å²) in [4.78, 5) is 12.6. The maximum Gasteiger partial charge on any atom is 0.263 e. The van der Waals surface area contributed by atoms with Crippen LogP contribution in [0, 0.1) is 11.8 Å². The third kappa shape index (κ3) is 3.82. The van der Waals surface area contributed by atoms with Gasteiger partial charge in [-0.1, -0.05) is 36.2 Å². The van der Waals surface area contributed by atoms with Crippen molar-refractivity contribution in [3.63, 3.8) is 0 Å². The largest absolute Gasteiger partial charge is 0.349 e. The van der Waals surface area contributed by atoms with E-state index in [0.29, 0.717) is 17.2 Å². The number of fused-ring (bicyclic) bond motifs is 2. The number of anilines is 1. The topological polar surface area (TPSA) is 75.3 Å². The van der Waals surface area contributed by atoms with Gasteiger partial charge in [0, 0.05) is 17.3 Å². The van der Waals surface area contributed by atoms with E-state index in [1.54, 1.807) is 36.4 Å². The Labute approximate surface area is 164 Å². The molecule has 2 aromatic carbocycles. The smallest absolute Gasteiger partial charge is 0.263 e. The third-order valence-electron chi connectivity index (χ3n) is 5.56. The molecule has 2 N–H and O–H groups in total. The second-order valence-electron chi connectivity index (χ2n) is 7.37. The second kappa shape index (κ2) is 7.17. The SMILES string of the molecule is O=C(N[C@@H]1C[C@H]2CC[C@@H]1C2)c1ccc(Cl)c(S(=O)(=O)Nc2ccccc2)c1. The van der Waals surface area contributed by atoms with Gasteiger partial charge >= 0.3 is 0 Å². The van der Waals surface area contributed by atoms with Crippen LogP contribution in [0.3, 0.4) is 0 Å². The Kier molecular flexibility index (Phi) is 4.86. The number of para-hydroxylation sites is 1. The lowest BCUT2D eigenvalue weighted by Gasteiger charge is -2.23. The summed E-state index contributed by atoms with van der Waals surface area (Å²) in [6.45, 7) is 0. The third-order valence-corrected chi connectivity index (χ3v) is 7.43. The predicted molar refractivity (Wildman–Crippen MR) is 105 cm³/mol. The quantitative estimate of drug-likeness (QED) is 0.789. The van der Waals surface area contributed by atoms with E-state index in [0.717, 1.165) is 18.8 Å². The van der Waals surface area contributed by atoms with E-state index >= 15 is 0 Å². The molecular formula is C20H21ClN2O3S. The molecule has 7 heteroatoms. The van der Waals surface area contributed by atoms with Crippen LogP contribution in [-0.2, 0) is 10.0 Å². The van der Waals surface area contributed by atoms with Gasteiger partial charge in [0.2, 0.25) is 0 Å². The van der Waals surface area contributed by atoms with Crippen LogP contribution >= 0.6 is 11.6 Å². The molecule has 0 aromatic heterocycles. The van der Waals surface area contributed by atoms with Crippen molar-refractivity contribution >= 4 is 33.2 Å². The highest BCUT2D eigenvalue weighted by atomic mass is 35.5. The molecule has 0 saturated heterocycles. The number of rotatable bonds is 5. The fourth-order valence-electron chi connectivity index (χ4n) is 4.24. The summed E-state index contributed by atoms with van der Waals surface area (Å²) >= 11 is 6.12. The minimum atomic E-state index is -3.90. The van der Waals surface area contributed by atoms with Crippen LogP contribution in [0.25, 0.3) is 0 Å². The molecule has 1 amide bonds. The molecule has 142 valence electrons. The van der Waals surface area contributed by atoms with Gasteiger partial charge in [0.1, 0.15) is 4.90 Å². The Bertz CT molecular complexity index is 962. The van der Waals surface area contributed by atoms with Crippen LogP contribution in [0.4, 0.5) is 5.69 Å². The standard InChI is InChI=1S/C20H21ClN2O3S/c21-17-9-8-15(20(24)22-18-11-13-6-7-14(18)10-13)12-19(17)27(25,26)23-16-4-2-1-3-5-16/h1-5,8-9,12-14,18,23H,6-7,10-11H2,(H,22,24)/t13-,14+,18+/m0/s1. The highest BCUT2D eigenvalue weighted by Crippen LogP contribution is 2.44. The predicted octanol–water partition coefficient (Wildman–Crippen LogP) is 4.06. The second-order valence-corrected chi connectivity index (χ2v) is 9.43. The highest BCUT2D eigenvalue weighted by molar-refractivity contribution is 7.92. The Morgan fingerprint density at radius 3 is 2.48 bits per heavy atom. The van der Waals surface area contributed by atoms with E-state index in [2.05, 4.69) is 10.0 Å². The molecule has 5 nitrogen and oxygen atoms in total. The lowest BCUT2D eigenvalue weighted by atomic mass is 9.95. The fourth-order valence-corrected chi connectivity index (χ4v) is 5.83. The van der Waals surface area contributed by atoms with Crippen molar-refractivity contribution < 1.29 is 13.2 Å². The minimum Gasteiger partial charge on any atom is -0.349 e. The zero-order valence-corrected chi connectivity index (χ0v) is 16.3. The van der Waals surface area contributed by atoms with E-state index in [-0.39, 0.29) is 21.9 Å². The van der Waals surface area contributed by atoms with Gasteiger partial charge < -0.3 is 5.32 Å². The molecular weight excluding hydrogens is 384 g/mol. The molecule has 2 fully saturated rings. The normalized spacial score (nSPS) is 24.0. The first-order valence-corrected chi connectivity index (χ1v) is 11.0. The summed E-state index contributed by atoms with van der Waals surface area (Å²) in [5.41, 5.74) is 0.737. The number of nitrogens with one attached hydrogen (secondary N) is 2. The molecule has 0 heterocycles. The number of carbonyl (C=O) groups is 1. The summed E-state index contributed by atoms with van der Waals surface area (Å²) < 4.78 is 27.9. The molecule has 27 heavy (non-hydrogen) atoms. The molecule has 0 radical (unpaired) electrons. The highest BCUT2D eigenvalue weighted by Gasteiger charge is 2.40. The van der Waals surface area contributed by atoms with Crippen LogP contribution < -0.4 is 10.0 Å². The van der Waals surface area contributed by atoms with Gasteiger partial charge in [0.05, 0.1) is 5.02 Å². The van der Waals surface area contributed by atoms with E-state index in [9.17, 15) is 13.2 Å². The Balaban J connectivity index is 1.55. The van der Waals surface area contributed by atoms with Gasteiger partial charge in [-0.2, -0.15) is 0 Å². The zero-order chi connectivity index (χ0) is 19.0. The number of halogens is 1. The van der Waals surface area contributed by atoms with Gasteiger partial charge in [-0.15, -0.1) is 0 Å². The Hall–Kier alpha value is -2.05. The van der Waals surface area contributed by atoms with Gasteiger partial charge in [-0.05, 0) is 61.4 Å². The van der Waals surface area contributed by atoms with Gasteiger partial charge in [0.15, 0.2) is 0 Å². The van der Waals surface area contributed by atoms with Crippen molar-refractivity contribution in [3.05, 3.63) is 59.1 Å². The molecule has 2 aromatic rings. The van der Waals surface area contributed by atoms with Gasteiger partial charge in [-0.3, -0.25) is 9.52 Å². The molecule has 0 aliphatic heterocycles. The molecule has 3 atom stereocenters. The number of sulfonamides is 1. The summed E-state index contributed by atoms with van der Waals surface area (Å²) in [7, 11) is -3.90. The number of hydrogen-bond donors (Lipinski definition) is 2. The van der Waals surface area contributed by atoms with Gasteiger partial charge in [0.25, 0.3) is 15.9 Å². The lowest BCUT2D eigenvalue weighted by molar-refractivity contribution is 0.0922. The molecule has 0 unspecified atom stereocenters. The molecule has 2 aliphatic carbocycles. The monoisotopic (exact) mass is 404 g/mol. The van der Waals surface area contributed by atoms with Crippen molar-refractivity contribution in [2.24, 2.45) is 11.8 Å². The molecule has 2 aliphatic rings. The first kappa shape index (κ1) is 18.3. The first-order chi connectivity index (χ1) is 12.9. The summed E-state index contributed by atoms with van der Waals surface area (Å²) in [6, 6.07) is 13.1. The van der Waals surface area contributed by atoms with Crippen LogP contribution in [0.15, 0.2) is 53.4 Å². The first-order valence-electron chi connectivity index (χ1n) is 9.10.